The van der Waals surface area contributed by atoms with E-state index in [0.717, 1.165) is 6.54 Å². The van der Waals surface area contributed by atoms with E-state index in [0.29, 0.717) is 12.0 Å². The van der Waals surface area contributed by atoms with Crippen LogP contribution in [0.5, 0.6) is 0 Å². The largest absolute Gasteiger partial charge is 0.310 e. The summed E-state index contributed by atoms with van der Waals surface area (Å²) in [6.07, 6.45) is 1.17. The molecule has 0 saturated heterocycles. The summed E-state index contributed by atoms with van der Waals surface area (Å²) in [5.41, 5.74) is 1.20. The van der Waals surface area contributed by atoms with Gasteiger partial charge in [0.15, 0.2) is 0 Å². The Morgan fingerprint density at radius 2 is 2.00 bits per heavy atom. The highest BCUT2D eigenvalue weighted by atomic mass is 32.1. The molecular formula is C12H22N2S. The molecule has 0 aliphatic rings. The first-order chi connectivity index (χ1) is 7.04. The third-order valence-electron chi connectivity index (χ3n) is 2.61. The second kappa shape index (κ2) is 5.61. The van der Waals surface area contributed by atoms with Crippen LogP contribution in [-0.2, 0) is 6.54 Å². The van der Waals surface area contributed by atoms with E-state index in [-0.39, 0.29) is 0 Å². The normalized spacial score (nSPS) is 13.5. The van der Waals surface area contributed by atoms with Crippen LogP contribution in [0, 0.1) is 6.92 Å². The van der Waals surface area contributed by atoms with Crippen molar-refractivity contribution in [2.24, 2.45) is 0 Å². The van der Waals surface area contributed by atoms with E-state index in [1.807, 2.05) is 11.3 Å². The molecule has 0 radical (unpaired) electrons. The van der Waals surface area contributed by atoms with Gasteiger partial charge in [-0.3, -0.25) is 0 Å². The summed E-state index contributed by atoms with van der Waals surface area (Å²) >= 11 is 1.86. The minimum absolute atomic E-state index is 0.540. The van der Waals surface area contributed by atoms with Gasteiger partial charge in [-0.2, -0.15) is 0 Å². The fourth-order valence-electron chi connectivity index (χ4n) is 1.30. The van der Waals surface area contributed by atoms with E-state index in [1.54, 1.807) is 0 Å². The molecule has 86 valence electrons. The van der Waals surface area contributed by atoms with E-state index >= 15 is 0 Å². The van der Waals surface area contributed by atoms with Crippen molar-refractivity contribution in [3.63, 3.8) is 0 Å². The van der Waals surface area contributed by atoms with Crippen molar-refractivity contribution in [3.8, 4) is 0 Å². The highest BCUT2D eigenvalue weighted by molar-refractivity contribution is 7.11. The SMILES string of the molecule is CCC(C)c1nc(C)c(CNC(C)C)s1. The number of thiazole rings is 1. The van der Waals surface area contributed by atoms with Crippen molar-refractivity contribution >= 4 is 11.3 Å². The van der Waals surface area contributed by atoms with Crippen LogP contribution in [0.2, 0.25) is 0 Å². The molecule has 0 amide bonds. The zero-order valence-corrected chi connectivity index (χ0v) is 11.2. The molecule has 1 atom stereocenters. The first kappa shape index (κ1) is 12.7. The molecule has 0 spiro atoms. The van der Waals surface area contributed by atoms with Crippen molar-refractivity contribution in [3.05, 3.63) is 15.6 Å². The molecule has 0 aromatic carbocycles. The Labute approximate surface area is 97.1 Å². The quantitative estimate of drug-likeness (QED) is 0.831. The number of aryl methyl sites for hydroxylation is 1. The van der Waals surface area contributed by atoms with Crippen LogP contribution in [0.1, 0.15) is 55.6 Å². The second-order valence-corrected chi connectivity index (χ2v) is 5.52. The van der Waals surface area contributed by atoms with Gasteiger partial charge >= 0.3 is 0 Å². The average Bonchev–Trinajstić information content (AvgIpc) is 2.55. The summed E-state index contributed by atoms with van der Waals surface area (Å²) in [4.78, 5) is 6.03. The van der Waals surface area contributed by atoms with Gasteiger partial charge in [0.1, 0.15) is 0 Å². The molecule has 1 aromatic heterocycles. The van der Waals surface area contributed by atoms with Gasteiger partial charge in [0.25, 0.3) is 0 Å². The molecule has 0 aliphatic heterocycles. The summed E-state index contributed by atoms with van der Waals surface area (Å²) < 4.78 is 0. The third kappa shape index (κ3) is 3.58. The number of nitrogens with zero attached hydrogens (tertiary/aromatic N) is 1. The first-order valence-corrected chi connectivity index (χ1v) is 6.55. The van der Waals surface area contributed by atoms with Crippen molar-refractivity contribution in [2.45, 2.75) is 59.5 Å². The zero-order chi connectivity index (χ0) is 11.4. The Balaban J connectivity index is 2.68. The summed E-state index contributed by atoms with van der Waals surface area (Å²) in [7, 11) is 0. The van der Waals surface area contributed by atoms with Crippen LogP contribution in [-0.4, -0.2) is 11.0 Å². The molecule has 1 N–H and O–H groups in total. The zero-order valence-electron chi connectivity index (χ0n) is 10.4. The maximum atomic E-state index is 4.64. The van der Waals surface area contributed by atoms with Crippen LogP contribution < -0.4 is 5.32 Å². The number of rotatable bonds is 5. The van der Waals surface area contributed by atoms with Gasteiger partial charge < -0.3 is 5.32 Å². The monoisotopic (exact) mass is 226 g/mol. The van der Waals surface area contributed by atoms with E-state index < -0.39 is 0 Å². The summed E-state index contributed by atoms with van der Waals surface area (Å²) in [6.45, 7) is 11.9. The smallest absolute Gasteiger partial charge is 0.0959 e. The minimum Gasteiger partial charge on any atom is -0.310 e. The van der Waals surface area contributed by atoms with Crippen LogP contribution in [0.25, 0.3) is 0 Å². The highest BCUT2D eigenvalue weighted by Crippen LogP contribution is 2.26. The summed E-state index contributed by atoms with van der Waals surface area (Å²) in [5.74, 6) is 0.599. The molecule has 0 fully saturated rings. The van der Waals surface area contributed by atoms with Crippen molar-refractivity contribution in [2.75, 3.05) is 0 Å². The van der Waals surface area contributed by atoms with Crippen molar-refractivity contribution in [1.29, 1.82) is 0 Å². The molecule has 2 nitrogen and oxygen atoms in total. The molecule has 1 rings (SSSR count). The number of nitrogens with one attached hydrogen (secondary N) is 1. The Hall–Kier alpha value is -0.410. The fourth-order valence-corrected chi connectivity index (χ4v) is 2.45. The molecule has 15 heavy (non-hydrogen) atoms. The molecule has 0 saturated carbocycles. The minimum atomic E-state index is 0.540. The fraction of sp³-hybridized carbons (Fsp3) is 0.750. The van der Waals surface area contributed by atoms with Gasteiger partial charge in [0.05, 0.1) is 10.7 Å². The standard InChI is InChI=1S/C12H22N2S/c1-6-9(4)12-14-10(5)11(15-12)7-13-8(2)3/h8-9,13H,6-7H2,1-5H3. The van der Waals surface area contributed by atoms with Gasteiger partial charge in [0, 0.05) is 23.4 Å². The van der Waals surface area contributed by atoms with E-state index in [9.17, 15) is 0 Å². The van der Waals surface area contributed by atoms with Crippen LogP contribution >= 0.6 is 11.3 Å². The Morgan fingerprint density at radius 3 is 2.53 bits per heavy atom. The predicted molar refractivity (Wildman–Crippen MR) is 67.5 cm³/mol. The Morgan fingerprint density at radius 1 is 1.33 bits per heavy atom. The Bertz CT molecular complexity index is 305. The van der Waals surface area contributed by atoms with Gasteiger partial charge in [0.2, 0.25) is 0 Å². The predicted octanol–water partition coefficient (Wildman–Crippen LogP) is 3.46. The van der Waals surface area contributed by atoms with Crippen LogP contribution in [0.4, 0.5) is 0 Å². The molecule has 3 heteroatoms. The van der Waals surface area contributed by atoms with Crippen molar-refractivity contribution in [1.82, 2.24) is 10.3 Å². The number of aromatic nitrogens is 1. The topological polar surface area (TPSA) is 24.9 Å². The molecule has 0 aliphatic carbocycles. The van der Waals surface area contributed by atoms with E-state index in [2.05, 4.69) is 44.9 Å². The Kier molecular flexibility index (Phi) is 4.74. The van der Waals surface area contributed by atoms with Crippen LogP contribution in [0.15, 0.2) is 0 Å². The van der Waals surface area contributed by atoms with Gasteiger partial charge in [-0.1, -0.05) is 27.7 Å². The van der Waals surface area contributed by atoms with E-state index in [1.165, 1.54) is 22.0 Å². The summed E-state index contributed by atoms with van der Waals surface area (Å²) in [5, 5.41) is 4.73. The van der Waals surface area contributed by atoms with Gasteiger partial charge in [-0.05, 0) is 13.3 Å². The van der Waals surface area contributed by atoms with Gasteiger partial charge in [-0.15, -0.1) is 11.3 Å². The average molecular weight is 226 g/mol. The number of hydrogen-bond acceptors (Lipinski definition) is 3. The maximum absolute atomic E-state index is 4.64. The lowest BCUT2D eigenvalue weighted by Crippen LogP contribution is -2.21. The van der Waals surface area contributed by atoms with E-state index in [4.69, 9.17) is 0 Å². The molecule has 1 unspecified atom stereocenters. The maximum Gasteiger partial charge on any atom is 0.0959 e. The molecule has 1 aromatic rings. The first-order valence-electron chi connectivity index (χ1n) is 5.74. The lowest BCUT2D eigenvalue weighted by Gasteiger charge is -2.06. The summed E-state index contributed by atoms with van der Waals surface area (Å²) in [6, 6.07) is 0.540. The van der Waals surface area contributed by atoms with Crippen LogP contribution in [0.3, 0.4) is 0 Å². The lowest BCUT2D eigenvalue weighted by molar-refractivity contribution is 0.591. The molecule has 1 heterocycles. The number of hydrogen-bond donors (Lipinski definition) is 1. The van der Waals surface area contributed by atoms with Crippen molar-refractivity contribution < 1.29 is 0 Å². The molecule has 0 bridgehead atoms. The third-order valence-corrected chi connectivity index (χ3v) is 4.00. The second-order valence-electron chi connectivity index (χ2n) is 4.41. The molecular weight excluding hydrogens is 204 g/mol. The lowest BCUT2D eigenvalue weighted by atomic mass is 10.1. The van der Waals surface area contributed by atoms with Gasteiger partial charge in [-0.25, -0.2) is 4.98 Å². The highest BCUT2D eigenvalue weighted by Gasteiger charge is 2.12.